The van der Waals surface area contributed by atoms with Crippen molar-refractivity contribution >= 4 is 45.0 Å². The molecule has 2 aromatic carbocycles. The number of fused-ring (bicyclic) bond motifs is 1. The average Bonchev–Trinajstić information content (AvgIpc) is 3.20. The van der Waals surface area contributed by atoms with Gasteiger partial charge in [-0.2, -0.15) is 0 Å². The van der Waals surface area contributed by atoms with E-state index in [1.807, 2.05) is 56.0 Å². The number of aromatic nitrogens is 1. The predicted octanol–water partition coefficient (Wildman–Crippen LogP) is 4.71. The number of ether oxygens (including phenoxy) is 2. The topological polar surface area (TPSA) is 54.9 Å². The third kappa shape index (κ3) is 5.41. The van der Waals surface area contributed by atoms with E-state index in [4.69, 9.17) is 14.5 Å². The van der Waals surface area contributed by atoms with Crippen LogP contribution in [0.4, 0.5) is 5.13 Å². The second-order valence-corrected chi connectivity index (χ2v) is 8.77. The minimum absolute atomic E-state index is 0. The normalized spacial score (nSPS) is 14.2. The predicted molar refractivity (Wildman–Crippen MR) is 133 cm³/mol. The highest BCUT2D eigenvalue weighted by Gasteiger charge is 2.24. The number of morpholine rings is 1. The molecule has 0 atom stereocenters. The number of para-hydroxylation sites is 1. The largest absolute Gasteiger partial charge is 0.492 e. The summed E-state index contributed by atoms with van der Waals surface area (Å²) in [5.74, 6) is 0.748. The summed E-state index contributed by atoms with van der Waals surface area (Å²) >= 11 is 1.53. The second kappa shape index (κ2) is 11.1. The van der Waals surface area contributed by atoms with Crippen LogP contribution in [0.15, 0.2) is 36.4 Å². The number of thiazole rings is 1. The van der Waals surface area contributed by atoms with Crippen LogP contribution in [0.3, 0.4) is 0 Å². The fourth-order valence-electron chi connectivity index (χ4n) is 3.85. The summed E-state index contributed by atoms with van der Waals surface area (Å²) in [7, 11) is 0. The standard InChI is InChI=1S/C24H29N3O3S.ClH/c1-4-30-20-6-5-7-21-22(20)25-24(31-21)27(11-10-26-12-14-29-15-13-26)23(28)19-9-8-17(2)16-18(19)3;/h5-9,16H,4,10-15H2,1-3H3;1H. The minimum Gasteiger partial charge on any atom is -0.492 e. The van der Waals surface area contributed by atoms with Gasteiger partial charge in [-0.05, 0) is 44.5 Å². The van der Waals surface area contributed by atoms with Gasteiger partial charge in [-0.3, -0.25) is 14.6 Å². The lowest BCUT2D eigenvalue weighted by molar-refractivity contribution is 0.0391. The van der Waals surface area contributed by atoms with Gasteiger partial charge in [0.05, 0.1) is 24.5 Å². The van der Waals surface area contributed by atoms with Crippen molar-refractivity contribution < 1.29 is 14.3 Å². The van der Waals surface area contributed by atoms with Crippen molar-refractivity contribution in [2.45, 2.75) is 20.8 Å². The van der Waals surface area contributed by atoms with Crippen LogP contribution in [0, 0.1) is 13.8 Å². The molecule has 0 radical (unpaired) electrons. The Balaban J connectivity index is 0.00000289. The van der Waals surface area contributed by atoms with Crippen molar-refractivity contribution in [3.05, 3.63) is 53.1 Å². The zero-order valence-corrected chi connectivity index (χ0v) is 20.4. The smallest absolute Gasteiger partial charge is 0.260 e. The first-order valence-corrected chi connectivity index (χ1v) is 11.6. The summed E-state index contributed by atoms with van der Waals surface area (Å²) in [6.45, 7) is 11.2. The first-order chi connectivity index (χ1) is 15.1. The number of aryl methyl sites for hydroxylation is 2. The molecule has 0 aliphatic carbocycles. The van der Waals surface area contributed by atoms with Crippen molar-refractivity contribution in [3.63, 3.8) is 0 Å². The Morgan fingerprint density at radius 1 is 1.22 bits per heavy atom. The molecule has 8 heteroatoms. The molecule has 4 rings (SSSR count). The maximum absolute atomic E-state index is 13.7. The Labute approximate surface area is 199 Å². The zero-order valence-electron chi connectivity index (χ0n) is 18.8. The Morgan fingerprint density at radius 3 is 2.72 bits per heavy atom. The first-order valence-electron chi connectivity index (χ1n) is 10.8. The third-order valence-electron chi connectivity index (χ3n) is 5.50. The molecule has 0 N–H and O–H groups in total. The fraction of sp³-hybridized carbons (Fsp3) is 0.417. The van der Waals surface area contributed by atoms with Gasteiger partial charge < -0.3 is 9.47 Å². The molecule has 3 aromatic rings. The van der Waals surface area contributed by atoms with E-state index in [0.717, 1.165) is 65.5 Å². The van der Waals surface area contributed by atoms with Crippen LogP contribution in [0.25, 0.3) is 10.2 Å². The van der Waals surface area contributed by atoms with Gasteiger partial charge in [0.15, 0.2) is 5.13 Å². The summed E-state index contributed by atoms with van der Waals surface area (Å²) in [6.07, 6.45) is 0. The molecule has 1 aromatic heterocycles. The number of rotatable bonds is 7. The van der Waals surface area contributed by atoms with Gasteiger partial charge in [-0.25, -0.2) is 4.98 Å². The van der Waals surface area contributed by atoms with E-state index >= 15 is 0 Å². The summed E-state index contributed by atoms with van der Waals surface area (Å²) in [5.41, 5.74) is 3.67. The van der Waals surface area contributed by atoms with Gasteiger partial charge in [-0.15, -0.1) is 12.4 Å². The molecular weight excluding hydrogens is 446 g/mol. The molecule has 1 amide bonds. The fourth-order valence-corrected chi connectivity index (χ4v) is 4.86. The molecule has 32 heavy (non-hydrogen) atoms. The van der Waals surface area contributed by atoms with Gasteiger partial charge in [0.25, 0.3) is 5.91 Å². The summed E-state index contributed by atoms with van der Waals surface area (Å²) in [4.78, 5) is 22.7. The van der Waals surface area contributed by atoms with Crippen LogP contribution >= 0.6 is 23.7 Å². The summed E-state index contributed by atoms with van der Waals surface area (Å²) in [6, 6.07) is 11.9. The monoisotopic (exact) mass is 475 g/mol. The van der Waals surface area contributed by atoms with E-state index in [9.17, 15) is 4.79 Å². The molecule has 1 aliphatic heterocycles. The van der Waals surface area contributed by atoms with Gasteiger partial charge in [-0.1, -0.05) is 35.1 Å². The van der Waals surface area contributed by atoms with Crippen LogP contribution in [-0.2, 0) is 4.74 Å². The van der Waals surface area contributed by atoms with E-state index in [2.05, 4.69) is 11.0 Å². The Morgan fingerprint density at radius 2 is 2.00 bits per heavy atom. The SMILES string of the molecule is CCOc1cccc2sc(N(CCN3CCOCC3)C(=O)c3ccc(C)cc3C)nc12.Cl. The number of benzene rings is 2. The van der Waals surface area contributed by atoms with Crippen LogP contribution in [0.2, 0.25) is 0 Å². The van der Waals surface area contributed by atoms with Crippen LogP contribution in [0.5, 0.6) is 5.75 Å². The number of anilines is 1. The van der Waals surface area contributed by atoms with Gasteiger partial charge in [0.2, 0.25) is 0 Å². The third-order valence-corrected chi connectivity index (χ3v) is 6.55. The molecule has 172 valence electrons. The Kier molecular flexibility index (Phi) is 8.48. The lowest BCUT2D eigenvalue weighted by Crippen LogP contribution is -2.43. The van der Waals surface area contributed by atoms with Crippen LogP contribution < -0.4 is 9.64 Å². The molecule has 2 heterocycles. The van der Waals surface area contributed by atoms with Crippen LogP contribution in [0.1, 0.15) is 28.4 Å². The molecule has 1 fully saturated rings. The summed E-state index contributed by atoms with van der Waals surface area (Å²) < 4.78 is 12.2. The lowest BCUT2D eigenvalue weighted by Gasteiger charge is -2.29. The molecular formula is C24H30ClN3O3S. The number of amides is 1. The molecule has 0 unspecified atom stereocenters. The number of carbonyl (C=O) groups is 1. The number of hydrogen-bond acceptors (Lipinski definition) is 6. The van der Waals surface area contributed by atoms with Crippen LogP contribution in [-0.4, -0.2) is 61.8 Å². The zero-order chi connectivity index (χ0) is 21.8. The molecule has 1 aliphatic rings. The minimum atomic E-state index is -0.0113. The Bertz CT molecular complexity index is 1070. The average molecular weight is 476 g/mol. The second-order valence-electron chi connectivity index (χ2n) is 7.76. The van der Waals surface area contributed by atoms with E-state index in [1.165, 1.54) is 11.3 Å². The van der Waals surface area contributed by atoms with Crippen molar-refractivity contribution in [1.29, 1.82) is 0 Å². The van der Waals surface area contributed by atoms with Crippen molar-refractivity contribution in [3.8, 4) is 5.75 Å². The van der Waals surface area contributed by atoms with Gasteiger partial charge in [0, 0.05) is 31.7 Å². The van der Waals surface area contributed by atoms with E-state index in [-0.39, 0.29) is 18.3 Å². The van der Waals surface area contributed by atoms with E-state index in [0.29, 0.717) is 18.3 Å². The molecule has 1 saturated heterocycles. The molecule has 6 nitrogen and oxygen atoms in total. The molecule has 0 saturated carbocycles. The van der Waals surface area contributed by atoms with E-state index < -0.39 is 0 Å². The van der Waals surface area contributed by atoms with Gasteiger partial charge >= 0.3 is 0 Å². The maximum atomic E-state index is 13.7. The highest BCUT2D eigenvalue weighted by atomic mass is 35.5. The number of halogens is 1. The Hall–Kier alpha value is -2.19. The highest BCUT2D eigenvalue weighted by molar-refractivity contribution is 7.22. The van der Waals surface area contributed by atoms with E-state index in [1.54, 1.807) is 0 Å². The molecule has 0 bridgehead atoms. The van der Waals surface area contributed by atoms with Crippen molar-refractivity contribution in [1.82, 2.24) is 9.88 Å². The first kappa shape index (κ1) is 24.5. The van der Waals surface area contributed by atoms with Gasteiger partial charge in [0.1, 0.15) is 11.3 Å². The number of carbonyl (C=O) groups excluding carboxylic acids is 1. The lowest BCUT2D eigenvalue weighted by atomic mass is 10.0. The van der Waals surface area contributed by atoms with Crippen molar-refractivity contribution in [2.24, 2.45) is 0 Å². The van der Waals surface area contributed by atoms with Crippen molar-refractivity contribution in [2.75, 3.05) is 50.9 Å². The summed E-state index contributed by atoms with van der Waals surface area (Å²) in [5, 5.41) is 0.709. The number of nitrogens with zero attached hydrogens (tertiary/aromatic N) is 3. The molecule has 0 spiro atoms. The quantitative estimate of drug-likeness (QED) is 0.495. The maximum Gasteiger partial charge on any atom is 0.260 e. The highest BCUT2D eigenvalue weighted by Crippen LogP contribution is 2.35. The number of hydrogen-bond donors (Lipinski definition) is 0.